The number of esters is 1. The number of rotatable bonds is 6. The van der Waals surface area contributed by atoms with Gasteiger partial charge in [-0.15, -0.1) is 0 Å². The first-order valence-corrected chi connectivity index (χ1v) is 10.8. The normalized spacial score (nSPS) is 14.2. The lowest BCUT2D eigenvalue weighted by Gasteiger charge is -2.25. The Kier molecular flexibility index (Phi) is 6.64. The van der Waals surface area contributed by atoms with E-state index in [1.54, 1.807) is 34.6 Å². The maximum absolute atomic E-state index is 15.5. The van der Waals surface area contributed by atoms with Crippen molar-refractivity contribution in [1.29, 1.82) is 0 Å². The van der Waals surface area contributed by atoms with Crippen LogP contribution in [-0.2, 0) is 20.9 Å². The molecule has 0 saturated heterocycles. The lowest BCUT2D eigenvalue weighted by molar-refractivity contribution is -0.155. The van der Waals surface area contributed by atoms with E-state index < -0.39 is 46.6 Å². The Bertz CT molecular complexity index is 1170. The molecule has 2 aromatic rings. The minimum atomic E-state index is -1.20. The van der Waals surface area contributed by atoms with Gasteiger partial charge < -0.3 is 21.1 Å². The zero-order valence-corrected chi connectivity index (χ0v) is 19.8. The SMILES string of the molecule is Cc1cc(-c2c(F)cc3c(c2F)CN([C@@H](CCC(=O)OC(C)(C)C)C(N)=O)C3=O)nc(N)c1C. The minimum absolute atomic E-state index is 0.000626. The van der Waals surface area contributed by atoms with E-state index in [4.69, 9.17) is 16.2 Å². The number of carbonyl (C=O) groups excluding carboxylic acids is 3. The van der Waals surface area contributed by atoms with Crippen LogP contribution in [0.2, 0.25) is 0 Å². The average Bonchev–Trinajstić information content (AvgIpc) is 3.01. The highest BCUT2D eigenvalue weighted by molar-refractivity contribution is 6.01. The van der Waals surface area contributed by atoms with Gasteiger partial charge in [0.05, 0.1) is 23.4 Å². The number of nitrogens with two attached hydrogens (primary N) is 2. The molecule has 2 amide bonds. The molecule has 2 heterocycles. The van der Waals surface area contributed by atoms with Crippen LogP contribution in [0.4, 0.5) is 14.6 Å². The third-order valence-electron chi connectivity index (χ3n) is 5.71. The summed E-state index contributed by atoms with van der Waals surface area (Å²) in [5.41, 5.74) is 11.3. The third kappa shape index (κ3) is 4.85. The van der Waals surface area contributed by atoms with E-state index in [2.05, 4.69) is 4.98 Å². The van der Waals surface area contributed by atoms with Crippen molar-refractivity contribution in [1.82, 2.24) is 9.88 Å². The summed E-state index contributed by atoms with van der Waals surface area (Å²) in [6.45, 7) is 8.27. The Morgan fingerprint density at radius 1 is 1.24 bits per heavy atom. The zero-order valence-electron chi connectivity index (χ0n) is 19.8. The van der Waals surface area contributed by atoms with Crippen LogP contribution in [0, 0.1) is 25.5 Å². The number of halogens is 2. The zero-order chi connectivity index (χ0) is 25.5. The first kappa shape index (κ1) is 25.1. The second-order valence-corrected chi connectivity index (χ2v) is 9.38. The Morgan fingerprint density at radius 3 is 2.44 bits per heavy atom. The summed E-state index contributed by atoms with van der Waals surface area (Å²) in [6.07, 6.45) is -0.297. The van der Waals surface area contributed by atoms with Crippen LogP contribution < -0.4 is 11.5 Å². The van der Waals surface area contributed by atoms with Crippen LogP contribution in [0.25, 0.3) is 11.3 Å². The predicted octanol–water partition coefficient (Wildman–Crippen LogP) is 3.16. The van der Waals surface area contributed by atoms with Gasteiger partial charge in [-0.25, -0.2) is 13.8 Å². The maximum Gasteiger partial charge on any atom is 0.306 e. The van der Waals surface area contributed by atoms with Gasteiger partial charge in [0, 0.05) is 12.0 Å². The van der Waals surface area contributed by atoms with E-state index in [1.165, 1.54) is 6.07 Å². The topological polar surface area (TPSA) is 129 Å². The average molecular weight is 475 g/mol. The lowest BCUT2D eigenvalue weighted by Crippen LogP contribution is -2.45. The molecule has 0 spiro atoms. The third-order valence-corrected chi connectivity index (χ3v) is 5.71. The van der Waals surface area contributed by atoms with Crippen molar-refractivity contribution in [3.05, 3.63) is 46.0 Å². The molecule has 1 aliphatic heterocycles. The van der Waals surface area contributed by atoms with Gasteiger partial charge in [0.2, 0.25) is 5.91 Å². The molecule has 3 rings (SSSR count). The van der Waals surface area contributed by atoms with Crippen LogP contribution in [0.5, 0.6) is 0 Å². The van der Waals surface area contributed by atoms with Gasteiger partial charge in [-0.1, -0.05) is 0 Å². The lowest BCUT2D eigenvalue weighted by atomic mass is 10.00. The number of fused-ring (bicyclic) bond motifs is 1. The largest absolute Gasteiger partial charge is 0.460 e. The van der Waals surface area contributed by atoms with Gasteiger partial charge in [0.1, 0.15) is 29.1 Å². The van der Waals surface area contributed by atoms with Crippen molar-refractivity contribution in [2.45, 2.75) is 65.6 Å². The number of benzene rings is 1. The van der Waals surface area contributed by atoms with E-state index in [0.29, 0.717) is 11.1 Å². The van der Waals surface area contributed by atoms with Crippen molar-refractivity contribution >= 4 is 23.6 Å². The summed E-state index contributed by atoms with van der Waals surface area (Å²) >= 11 is 0. The molecule has 0 bridgehead atoms. The molecule has 1 aliphatic rings. The molecule has 182 valence electrons. The van der Waals surface area contributed by atoms with Crippen molar-refractivity contribution in [2.24, 2.45) is 5.73 Å². The van der Waals surface area contributed by atoms with E-state index in [-0.39, 0.29) is 42.0 Å². The summed E-state index contributed by atoms with van der Waals surface area (Å²) in [5.74, 6) is -3.99. The number of aromatic nitrogens is 1. The molecule has 1 aromatic heterocycles. The van der Waals surface area contributed by atoms with E-state index in [0.717, 1.165) is 11.0 Å². The molecule has 10 heteroatoms. The quantitative estimate of drug-likeness (QED) is 0.619. The van der Waals surface area contributed by atoms with Crippen LogP contribution in [0.1, 0.15) is 60.7 Å². The van der Waals surface area contributed by atoms with Gasteiger partial charge in [-0.05, 0) is 64.3 Å². The number of hydrogen-bond acceptors (Lipinski definition) is 6. The molecular weight excluding hydrogens is 446 g/mol. The summed E-state index contributed by atoms with van der Waals surface area (Å²) in [4.78, 5) is 42.3. The molecule has 1 atom stereocenters. The van der Waals surface area contributed by atoms with Gasteiger partial charge >= 0.3 is 5.97 Å². The number of anilines is 1. The second kappa shape index (κ2) is 9.00. The monoisotopic (exact) mass is 474 g/mol. The van der Waals surface area contributed by atoms with Crippen molar-refractivity contribution in [3.63, 3.8) is 0 Å². The second-order valence-electron chi connectivity index (χ2n) is 9.38. The fourth-order valence-corrected chi connectivity index (χ4v) is 3.88. The molecule has 4 N–H and O–H groups in total. The predicted molar refractivity (Wildman–Crippen MR) is 121 cm³/mol. The van der Waals surface area contributed by atoms with Gasteiger partial charge in [-0.3, -0.25) is 14.4 Å². The molecular formula is C24H28F2N4O4. The molecule has 0 fully saturated rings. The van der Waals surface area contributed by atoms with E-state index in [1.807, 2.05) is 0 Å². The Hall–Kier alpha value is -3.56. The summed E-state index contributed by atoms with van der Waals surface area (Å²) in [6, 6.07) is 1.24. The standard InChI is InChI=1S/C24H28F2N4O4/c1-11-8-16(29-21(27)12(11)2)19-15(25)9-13-14(20(19)26)10-30(23(13)33)17(22(28)32)6-7-18(31)34-24(3,4)5/h8-9,17H,6-7,10H2,1-5H3,(H2,27,29)(H2,28,32)/t17-/m0/s1. The number of nitrogens with zero attached hydrogens (tertiary/aromatic N) is 2. The maximum atomic E-state index is 15.5. The number of aryl methyl sites for hydroxylation is 1. The Labute approximate surface area is 196 Å². The highest BCUT2D eigenvalue weighted by Crippen LogP contribution is 2.36. The van der Waals surface area contributed by atoms with E-state index >= 15 is 4.39 Å². The molecule has 0 saturated carbocycles. The minimum Gasteiger partial charge on any atom is -0.460 e. The molecule has 8 nitrogen and oxygen atoms in total. The number of carbonyl (C=O) groups is 3. The Morgan fingerprint density at radius 2 is 1.88 bits per heavy atom. The van der Waals surface area contributed by atoms with Crippen LogP contribution in [0.3, 0.4) is 0 Å². The van der Waals surface area contributed by atoms with Crippen LogP contribution in [-0.4, -0.2) is 39.3 Å². The van der Waals surface area contributed by atoms with Crippen molar-refractivity contribution in [3.8, 4) is 11.3 Å². The number of hydrogen-bond donors (Lipinski definition) is 2. The fourth-order valence-electron chi connectivity index (χ4n) is 3.88. The number of nitrogen functional groups attached to an aromatic ring is 1. The molecule has 34 heavy (non-hydrogen) atoms. The first-order valence-electron chi connectivity index (χ1n) is 10.8. The van der Waals surface area contributed by atoms with Gasteiger partial charge in [0.15, 0.2) is 0 Å². The van der Waals surface area contributed by atoms with Crippen molar-refractivity contribution in [2.75, 3.05) is 5.73 Å². The van der Waals surface area contributed by atoms with Gasteiger partial charge in [0.25, 0.3) is 5.91 Å². The summed E-state index contributed by atoms with van der Waals surface area (Å²) < 4.78 is 35.7. The summed E-state index contributed by atoms with van der Waals surface area (Å²) in [5, 5.41) is 0. The van der Waals surface area contributed by atoms with Crippen LogP contribution in [0.15, 0.2) is 12.1 Å². The highest BCUT2D eigenvalue weighted by atomic mass is 19.1. The smallest absolute Gasteiger partial charge is 0.306 e. The fraction of sp³-hybridized carbons (Fsp3) is 0.417. The van der Waals surface area contributed by atoms with E-state index in [9.17, 15) is 18.8 Å². The molecule has 0 unspecified atom stereocenters. The highest BCUT2D eigenvalue weighted by Gasteiger charge is 2.39. The molecule has 0 aliphatic carbocycles. The first-order chi connectivity index (χ1) is 15.7. The summed E-state index contributed by atoms with van der Waals surface area (Å²) in [7, 11) is 0. The van der Waals surface area contributed by atoms with Crippen molar-refractivity contribution < 1.29 is 27.9 Å². The molecule has 0 radical (unpaired) electrons. The number of amides is 2. The van der Waals surface area contributed by atoms with Gasteiger partial charge in [-0.2, -0.15) is 0 Å². The number of primary amides is 1. The Balaban J connectivity index is 1.93. The van der Waals surface area contributed by atoms with Crippen LogP contribution >= 0.6 is 0 Å². The molecule has 1 aromatic carbocycles. The number of ether oxygens (including phenoxy) is 1. The number of pyridine rings is 1.